The molecule has 3 N–H and O–H groups in total. The first kappa shape index (κ1) is 34.2. The predicted octanol–water partition coefficient (Wildman–Crippen LogP) is 2.67. The van der Waals surface area contributed by atoms with Crippen molar-refractivity contribution >= 4 is 34.4 Å². The number of carbonyl (C=O) groups is 3. The molecule has 47 heavy (non-hydrogen) atoms. The highest BCUT2D eigenvalue weighted by molar-refractivity contribution is 5.97. The Morgan fingerprint density at radius 1 is 1.21 bits per heavy atom. The summed E-state index contributed by atoms with van der Waals surface area (Å²) in [5.41, 5.74) is 0.854. The summed E-state index contributed by atoms with van der Waals surface area (Å²) in [6.07, 6.45) is 5.72. The SMILES string of the molecule is C#CCN(Cc1cc2c(=O)n(COC(=O)C(C)(C)C)c(C)nc2cc1C)c1ccc(C(=O)N[C@@H](CCc2nn[nH]n2)C(=O)O)c(F)c1. The van der Waals surface area contributed by atoms with Crippen molar-refractivity contribution in [1.29, 1.82) is 0 Å². The lowest BCUT2D eigenvalue weighted by Gasteiger charge is -2.24. The van der Waals surface area contributed by atoms with Gasteiger partial charge in [0.15, 0.2) is 12.6 Å². The van der Waals surface area contributed by atoms with Gasteiger partial charge in [0, 0.05) is 18.7 Å². The van der Waals surface area contributed by atoms with Gasteiger partial charge in [-0.3, -0.25) is 19.0 Å². The van der Waals surface area contributed by atoms with Crippen LogP contribution in [0.5, 0.6) is 0 Å². The van der Waals surface area contributed by atoms with E-state index in [1.54, 1.807) is 44.7 Å². The molecule has 1 atom stereocenters. The number of halogens is 1. The van der Waals surface area contributed by atoms with Gasteiger partial charge in [-0.15, -0.1) is 16.6 Å². The number of esters is 1. The third-order valence-corrected chi connectivity index (χ3v) is 7.39. The minimum absolute atomic E-state index is 0.0381. The lowest BCUT2D eigenvalue weighted by molar-refractivity contribution is -0.157. The molecule has 0 aliphatic heterocycles. The smallest absolute Gasteiger partial charge is 0.326 e. The second-order valence-electron chi connectivity index (χ2n) is 12.0. The molecule has 0 spiro atoms. The number of carboxylic acid groups (broad SMARTS) is 1. The fraction of sp³-hybridized carbons (Fsp3) is 0.375. The summed E-state index contributed by atoms with van der Waals surface area (Å²) in [5, 5.41) is 25.4. The van der Waals surface area contributed by atoms with Crippen LogP contribution in [0.2, 0.25) is 0 Å². The first-order chi connectivity index (χ1) is 22.2. The van der Waals surface area contributed by atoms with Crippen molar-refractivity contribution < 1.29 is 28.6 Å². The van der Waals surface area contributed by atoms with Gasteiger partial charge >= 0.3 is 11.9 Å². The lowest BCUT2D eigenvalue weighted by Crippen LogP contribution is -2.41. The molecular weight excluding hydrogens is 611 g/mol. The Labute approximate surface area is 269 Å². The number of nitrogens with one attached hydrogen (secondary N) is 2. The summed E-state index contributed by atoms with van der Waals surface area (Å²) in [4.78, 5) is 56.6. The van der Waals surface area contributed by atoms with Crippen molar-refractivity contribution in [3.05, 3.63) is 74.8 Å². The first-order valence-corrected chi connectivity index (χ1v) is 14.6. The number of tetrazole rings is 1. The van der Waals surface area contributed by atoms with Crippen molar-refractivity contribution in [2.45, 2.75) is 66.8 Å². The van der Waals surface area contributed by atoms with Crippen LogP contribution in [0, 0.1) is 37.4 Å². The molecule has 4 aromatic rings. The molecule has 4 rings (SSSR count). The number of H-pyrrole nitrogens is 1. The van der Waals surface area contributed by atoms with Gasteiger partial charge in [0.25, 0.3) is 11.5 Å². The van der Waals surface area contributed by atoms with Gasteiger partial charge in [-0.25, -0.2) is 14.2 Å². The van der Waals surface area contributed by atoms with Crippen LogP contribution in [0.25, 0.3) is 10.9 Å². The van der Waals surface area contributed by atoms with E-state index in [4.69, 9.17) is 11.2 Å². The molecule has 0 saturated heterocycles. The number of aromatic nitrogens is 6. The number of carbonyl (C=O) groups excluding carboxylic acids is 2. The molecular formula is C32H35FN8O6. The van der Waals surface area contributed by atoms with Crippen molar-refractivity contribution in [1.82, 2.24) is 35.5 Å². The fourth-order valence-electron chi connectivity index (χ4n) is 4.68. The maximum absolute atomic E-state index is 15.3. The van der Waals surface area contributed by atoms with Gasteiger partial charge in [-0.1, -0.05) is 11.1 Å². The van der Waals surface area contributed by atoms with E-state index in [0.29, 0.717) is 28.0 Å². The Morgan fingerprint density at radius 2 is 1.96 bits per heavy atom. The summed E-state index contributed by atoms with van der Waals surface area (Å²) in [6.45, 7) is 8.60. The first-order valence-electron chi connectivity index (χ1n) is 14.6. The number of terminal acetylenes is 1. The number of anilines is 1. The number of carboxylic acids is 1. The second kappa shape index (κ2) is 14.2. The van der Waals surface area contributed by atoms with Crippen molar-refractivity contribution in [2.75, 3.05) is 11.4 Å². The molecule has 0 radical (unpaired) electrons. The zero-order chi connectivity index (χ0) is 34.5. The van der Waals surface area contributed by atoms with Crippen LogP contribution in [0.3, 0.4) is 0 Å². The number of aliphatic carboxylic acids is 1. The molecule has 2 aromatic carbocycles. The van der Waals surface area contributed by atoms with Gasteiger partial charge in [0.2, 0.25) is 0 Å². The molecule has 15 heteroatoms. The summed E-state index contributed by atoms with van der Waals surface area (Å²) >= 11 is 0. The minimum Gasteiger partial charge on any atom is -0.480 e. The van der Waals surface area contributed by atoms with E-state index >= 15 is 4.39 Å². The Morgan fingerprint density at radius 3 is 2.57 bits per heavy atom. The van der Waals surface area contributed by atoms with E-state index in [9.17, 15) is 24.3 Å². The van der Waals surface area contributed by atoms with Gasteiger partial charge in [0.1, 0.15) is 17.7 Å². The van der Waals surface area contributed by atoms with Crippen LogP contribution in [0.15, 0.2) is 35.1 Å². The van der Waals surface area contributed by atoms with Crippen molar-refractivity contribution in [3.63, 3.8) is 0 Å². The van der Waals surface area contributed by atoms with Crippen LogP contribution >= 0.6 is 0 Å². The standard InChI is InChI=1S/C32H35FN8O6/c1-7-12-40(21-8-9-22(24(33)15-21)28(42)35-25(30(44)45)10-11-27-36-38-39-37-27)16-20-14-23-26(13-18(20)2)34-19(3)41(29(23)43)17-47-31(46)32(4,5)6/h1,8-9,13-15,25H,10-12,16-17H2,2-6H3,(H,35,42)(H,44,45)(H,36,37,38,39)/t25-/m0/s1. The van der Waals surface area contributed by atoms with E-state index in [2.05, 4.69) is 36.8 Å². The number of amides is 1. The van der Waals surface area contributed by atoms with Crippen molar-refractivity contribution in [2.24, 2.45) is 5.41 Å². The molecule has 0 unspecified atom stereocenters. The Hall–Kier alpha value is -5.65. The highest BCUT2D eigenvalue weighted by Gasteiger charge is 2.25. The minimum atomic E-state index is -1.32. The van der Waals surface area contributed by atoms with E-state index in [0.717, 1.165) is 11.6 Å². The molecule has 0 aliphatic carbocycles. The number of hydrogen-bond acceptors (Lipinski definition) is 10. The molecule has 0 saturated carbocycles. The monoisotopic (exact) mass is 646 g/mol. The summed E-state index contributed by atoms with van der Waals surface area (Å²) in [7, 11) is 0. The van der Waals surface area contributed by atoms with Crippen LogP contribution in [-0.2, 0) is 34.0 Å². The maximum Gasteiger partial charge on any atom is 0.326 e. The normalized spacial score (nSPS) is 11.9. The Bertz CT molecular complexity index is 1910. The van der Waals surface area contributed by atoms with Crippen LogP contribution in [-0.4, -0.2) is 65.7 Å². The van der Waals surface area contributed by atoms with E-state index in [-0.39, 0.29) is 44.0 Å². The van der Waals surface area contributed by atoms with E-state index < -0.39 is 40.7 Å². The Kier molecular flexibility index (Phi) is 10.3. The predicted molar refractivity (Wildman–Crippen MR) is 169 cm³/mol. The molecule has 246 valence electrons. The fourth-order valence-corrected chi connectivity index (χ4v) is 4.68. The van der Waals surface area contributed by atoms with Gasteiger partial charge < -0.3 is 20.1 Å². The highest BCUT2D eigenvalue weighted by atomic mass is 19.1. The average molecular weight is 647 g/mol. The van der Waals surface area contributed by atoms with Crippen LogP contribution in [0.4, 0.5) is 10.1 Å². The van der Waals surface area contributed by atoms with Gasteiger partial charge in [0.05, 0.1) is 28.4 Å². The van der Waals surface area contributed by atoms with Crippen LogP contribution in [0.1, 0.15) is 60.3 Å². The van der Waals surface area contributed by atoms with Gasteiger partial charge in [-0.2, -0.15) is 5.21 Å². The molecule has 2 heterocycles. The number of rotatable bonds is 12. The number of benzene rings is 2. The van der Waals surface area contributed by atoms with Gasteiger partial charge in [-0.05, 0) is 82.5 Å². The number of fused-ring (bicyclic) bond motifs is 1. The molecule has 0 aliphatic rings. The van der Waals surface area contributed by atoms with E-state index in [1.165, 1.54) is 16.7 Å². The molecule has 2 aromatic heterocycles. The number of nitrogens with zero attached hydrogens (tertiary/aromatic N) is 6. The average Bonchev–Trinajstić information content (AvgIpc) is 3.52. The third-order valence-electron chi connectivity index (χ3n) is 7.39. The summed E-state index contributed by atoms with van der Waals surface area (Å²) in [6, 6.07) is 6.02. The number of aryl methyl sites for hydroxylation is 3. The number of aromatic amines is 1. The maximum atomic E-state index is 15.3. The topological polar surface area (TPSA) is 185 Å². The molecule has 0 fully saturated rings. The Balaban J connectivity index is 1.56. The summed E-state index contributed by atoms with van der Waals surface area (Å²) in [5.74, 6) is -0.348. The van der Waals surface area contributed by atoms with Crippen molar-refractivity contribution in [3.8, 4) is 12.3 Å². The molecule has 1 amide bonds. The summed E-state index contributed by atoms with van der Waals surface area (Å²) < 4.78 is 22.0. The molecule has 0 bridgehead atoms. The van der Waals surface area contributed by atoms with E-state index in [1.807, 2.05) is 6.92 Å². The van der Waals surface area contributed by atoms with Crippen LogP contribution < -0.4 is 15.8 Å². The third kappa shape index (κ3) is 8.15. The zero-order valence-electron chi connectivity index (χ0n) is 26.6. The zero-order valence-corrected chi connectivity index (χ0v) is 26.6. The quantitative estimate of drug-likeness (QED) is 0.152. The lowest BCUT2D eigenvalue weighted by atomic mass is 9.98. The largest absolute Gasteiger partial charge is 0.480 e. The highest BCUT2D eigenvalue weighted by Crippen LogP contribution is 2.24. The molecule has 14 nitrogen and oxygen atoms in total. The second-order valence-corrected chi connectivity index (χ2v) is 12.0. The number of ether oxygens (including phenoxy) is 1. The number of hydrogen-bond donors (Lipinski definition) is 3.